The summed E-state index contributed by atoms with van der Waals surface area (Å²) in [5.74, 6) is -1.36. The second kappa shape index (κ2) is 8.18. The number of hydrogen-bond donors (Lipinski definition) is 1. The lowest BCUT2D eigenvalue weighted by Crippen LogP contribution is -2.44. The molecule has 1 aliphatic rings. The molecule has 4 nitrogen and oxygen atoms in total. The summed E-state index contributed by atoms with van der Waals surface area (Å²) in [6.07, 6.45) is 0. The van der Waals surface area contributed by atoms with Crippen LogP contribution in [0.25, 0.3) is 0 Å². The molecular weight excluding hydrogens is 326 g/mol. The zero-order chi connectivity index (χ0) is 17.6. The van der Waals surface area contributed by atoms with Crippen molar-refractivity contribution < 1.29 is 18.3 Å². The number of nitrogens with zero attached hydrogens (tertiary/aromatic N) is 1. The number of nitrogens with one attached hydrogen (secondary N) is 1. The first-order valence-electron chi connectivity index (χ1n) is 8.25. The molecule has 1 aliphatic heterocycles. The van der Waals surface area contributed by atoms with Crippen LogP contribution in [-0.2, 0) is 4.74 Å². The summed E-state index contributed by atoms with van der Waals surface area (Å²) in [4.78, 5) is 14.4. The Hall–Kier alpha value is -2.31. The highest BCUT2D eigenvalue weighted by molar-refractivity contribution is 5.94. The van der Waals surface area contributed by atoms with Gasteiger partial charge in [-0.15, -0.1) is 0 Å². The van der Waals surface area contributed by atoms with Crippen molar-refractivity contribution in [3.05, 3.63) is 71.3 Å². The second-order valence-electron chi connectivity index (χ2n) is 5.91. The van der Waals surface area contributed by atoms with Gasteiger partial charge in [0.05, 0.1) is 24.8 Å². The van der Waals surface area contributed by atoms with E-state index in [4.69, 9.17) is 4.74 Å². The average Bonchev–Trinajstić information content (AvgIpc) is 2.63. The molecule has 0 unspecified atom stereocenters. The first-order chi connectivity index (χ1) is 12.1. The van der Waals surface area contributed by atoms with Gasteiger partial charge >= 0.3 is 0 Å². The van der Waals surface area contributed by atoms with Crippen LogP contribution in [0.2, 0.25) is 0 Å². The number of ether oxygens (including phenoxy) is 1. The van der Waals surface area contributed by atoms with Crippen molar-refractivity contribution in [2.75, 3.05) is 32.8 Å². The minimum Gasteiger partial charge on any atom is -0.379 e. The Morgan fingerprint density at radius 3 is 2.60 bits per heavy atom. The molecule has 0 spiro atoms. The maximum absolute atomic E-state index is 13.8. The van der Waals surface area contributed by atoms with Crippen LogP contribution >= 0.6 is 0 Å². The number of hydrogen-bond acceptors (Lipinski definition) is 3. The van der Waals surface area contributed by atoms with E-state index in [-0.39, 0.29) is 24.0 Å². The number of morpholine rings is 1. The highest BCUT2D eigenvalue weighted by Crippen LogP contribution is 2.22. The van der Waals surface area contributed by atoms with Crippen LogP contribution < -0.4 is 5.32 Å². The quantitative estimate of drug-likeness (QED) is 0.905. The molecule has 1 atom stereocenters. The molecule has 3 rings (SSSR count). The third kappa shape index (κ3) is 4.41. The van der Waals surface area contributed by atoms with E-state index in [9.17, 15) is 13.6 Å². The van der Waals surface area contributed by atoms with Crippen LogP contribution in [-0.4, -0.2) is 43.7 Å². The standard InChI is InChI=1S/C19H20F2N2O2/c20-15-5-3-4-14(12-15)18(23-8-10-25-11-9-23)13-22-19(24)16-6-1-2-7-17(16)21/h1-7,12,18H,8-11,13H2,(H,22,24)/t18-/m0/s1. The summed E-state index contributed by atoms with van der Waals surface area (Å²) >= 11 is 0. The second-order valence-corrected chi connectivity index (χ2v) is 5.91. The number of halogens is 2. The van der Waals surface area contributed by atoms with Gasteiger partial charge in [-0.3, -0.25) is 9.69 Å². The van der Waals surface area contributed by atoms with E-state index in [1.807, 2.05) is 6.07 Å². The Morgan fingerprint density at radius 1 is 1.12 bits per heavy atom. The smallest absolute Gasteiger partial charge is 0.254 e. The summed E-state index contributed by atoms with van der Waals surface area (Å²) in [5.41, 5.74) is 0.776. The molecule has 2 aromatic rings. The maximum Gasteiger partial charge on any atom is 0.254 e. The predicted molar refractivity (Wildman–Crippen MR) is 90.3 cm³/mol. The normalized spacial score (nSPS) is 16.4. The van der Waals surface area contributed by atoms with Gasteiger partial charge in [0.15, 0.2) is 0 Å². The molecule has 0 bridgehead atoms. The first-order valence-corrected chi connectivity index (χ1v) is 8.25. The summed E-state index contributed by atoms with van der Waals surface area (Å²) in [6, 6.07) is 12.0. The molecule has 0 aliphatic carbocycles. The van der Waals surface area contributed by atoms with E-state index in [1.165, 1.54) is 30.3 Å². The van der Waals surface area contributed by atoms with Crippen molar-refractivity contribution in [2.45, 2.75) is 6.04 Å². The molecule has 0 saturated carbocycles. The maximum atomic E-state index is 13.8. The Balaban J connectivity index is 1.75. The molecule has 132 valence electrons. The number of carbonyl (C=O) groups excluding carboxylic acids is 1. The highest BCUT2D eigenvalue weighted by Gasteiger charge is 2.24. The summed E-state index contributed by atoms with van der Waals surface area (Å²) in [5, 5.41) is 2.77. The topological polar surface area (TPSA) is 41.6 Å². The van der Waals surface area contributed by atoms with Crippen LogP contribution in [0.1, 0.15) is 22.0 Å². The SMILES string of the molecule is O=C(NC[C@@H](c1cccc(F)c1)N1CCOCC1)c1ccccc1F. The first kappa shape index (κ1) is 17.5. The molecule has 0 aromatic heterocycles. The fourth-order valence-electron chi connectivity index (χ4n) is 2.99. The third-order valence-electron chi connectivity index (χ3n) is 4.29. The summed E-state index contributed by atoms with van der Waals surface area (Å²) in [6.45, 7) is 2.82. The highest BCUT2D eigenvalue weighted by atomic mass is 19.1. The Morgan fingerprint density at radius 2 is 1.88 bits per heavy atom. The van der Waals surface area contributed by atoms with Crippen molar-refractivity contribution in [3.63, 3.8) is 0 Å². The number of amides is 1. The molecule has 0 radical (unpaired) electrons. The van der Waals surface area contributed by atoms with Crippen molar-refractivity contribution in [3.8, 4) is 0 Å². The Labute approximate surface area is 145 Å². The molecule has 1 amide bonds. The minimum atomic E-state index is -0.561. The van der Waals surface area contributed by atoms with Crippen molar-refractivity contribution in [2.24, 2.45) is 0 Å². The molecule has 1 fully saturated rings. The number of carbonyl (C=O) groups is 1. The van der Waals surface area contributed by atoms with Crippen molar-refractivity contribution in [1.29, 1.82) is 0 Å². The van der Waals surface area contributed by atoms with Gasteiger partial charge in [-0.25, -0.2) is 8.78 Å². The zero-order valence-corrected chi connectivity index (χ0v) is 13.8. The number of rotatable bonds is 5. The lowest BCUT2D eigenvalue weighted by atomic mass is 10.0. The van der Waals surface area contributed by atoms with Gasteiger partial charge in [-0.1, -0.05) is 24.3 Å². The van der Waals surface area contributed by atoms with E-state index in [2.05, 4.69) is 10.2 Å². The van der Waals surface area contributed by atoms with E-state index < -0.39 is 11.7 Å². The molecule has 6 heteroatoms. The number of benzene rings is 2. The molecule has 1 N–H and O–H groups in total. The molecule has 2 aromatic carbocycles. The molecule has 1 heterocycles. The van der Waals surface area contributed by atoms with Gasteiger partial charge in [0.2, 0.25) is 0 Å². The van der Waals surface area contributed by atoms with E-state index in [0.29, 0.717) is 26.3 Å². The lowest BCUT2D eigenvalue weighted by Gasteiger charge is -2.35. The molecule has 25 heavy (non-hydrogen) atoms. The molecule has 1 saturated heterocycles. The zero-order valence-electron chi connectivity index (χ0n) is 13.8. The minimum absolute atomic E-state index is 0.00229. The van der Waals surface area contributed by atoms with Gasteiger partial charge in [-0.05, 0) is 29.8 Å². The van der Waals surface area contributed by atoms with Gasteiger partial charge in [-0.2, -0.15) is 0 Å². The summed E-state index contributed by atoms with van der Waals surface area (Å²) < 4.78 is 32.8. The fraction of sp³-hybridized carbons (Fsp3) is 0.316. The lowest BCUT2D eigenvalue weighted by molar-refractivity contribution is 0.0161. The van der Waals surface area contributed by atoms with Crippen molar-refractivity contribution >= 4 is 5.91 Å². The largest absolute Gasteiger partial charge is 0.379 e. The third-order valence-corrected chi connectivity index (χ3v) is 4.29. The van der Waals surface area contributed by atoms with Crippen LogP contribution in [0, 0.1) is 11.6 Å². The predicted octanol–water partition coefficient (Wildman–Crippen LogP) is 2.77. The van der Waals surface area contributed by atoms with E-state index in [1.54, 1.807) is 12.1 Å². The van der Waals surface area contributed by atoms with Crippen LogP contribution in [0.3, 0.4) is 0 Å². The molecular formula is C19H20F2N2O2. The Bertz CT molecular complexity index is 733. The van der Waals surface area contributed by atoms with Gasteiger partial charge in [0, 0.05) is 19.6 Å². The van der Waals surface area contributed by atoms with E-state index >= 15 is 0 Å². The van der Waals surface area contributed by atoms with Crippen LogP contribution in [0.5, 0.6) is 0 Å². The Kier molecular flexibility index (Phi) is 5.73. The van der Waals surface area contributed by atoms with Gasteiger partial charge in [0.25, 0.3) is 5.91 Å². The van der Waals surface area contributed by atoms with Crippen molar-refractivity contribution in [1.82, 2.24) is 10.2 Å². The van der Waals surface area contributed by atoms with Crippen LogP contribution in [0.15, 0.2) is 48.5 Å². The average molecular weight is 346 g/mol. The van der Waals surface area contributed by atoms with Crippen LogP contribution in [0.4, 0.5) is 8.78 Å². The van der Waals surface area contributed by atoms with E-state index in [0.717, 1.165) is 5.56 Å². The summed E-state index contributed by atoms with van der Waals surface area (Å²) in [7, 11) is 0. The van der Waals surface area contributed by atoms with Gasteiger partial charge in [0.1, 0.15) is 11.6 Å². The van der Waals surface area contributed by atoms with Gasteiger partial charge < -0.3 is 10.1 Å². The fourth-order valence-corrected chi connectivity index (χ4v) is 2.99. The monoisotopic (exact) mass is 346 g/mol.